The molecule has 0 bridgehead atoms. The third-order valence-electron chi connectivity index (χ3n) is 6.48. The molecule has 11 heteroatoms. The van der Waals surface area contributed by atoms with Crippen LogP contribution in [-0.2, 0) is 25.0 Å². The fourth-order valence-electron chi connectivity index (χ4n) is 4.40. The van der Waals surface area contributed by atoms with Gasteiger partial charge in [-0.25, -0.2) is 13.2 Å². The standard InChI is InChI=1S/C22H31N3O7S/c1-6-14(2)25(16-9-10-33(29,30)13-16)19(26)12-24-20(27)22(3,23-21(24)28)15-7-8-17(31-4)18(11-15)32-5/h7-8,11,14,16H,6,9-10,12-13H2,1-5H3,(H,23,28). The van der Waals surface area contributed by atoms with Gasteiger partial charge < -0.3 is 19.7 Å². The Balaban J connectivity index is 1.84. The number of ether oxygens (including phenoxy) is 2. The molecule has 0 spiro atoms. The SMILES string of the molecule is CCC(C)N(C(=O)CN1C(=O)NC(C)(c2ccc(OC)c(OC)c2)C1=O)C1CCS(=O)(=O)C1. The summed E-state index contributed by atoms with van der Waals surface area (Å²) in [4.78, 5) is 41.7. The smallest absolute Gasteiger partial charge is 0.325 e. The Morgan fingerprint density at radius 1 is 1.27 bits per heavy atom. The van der Waals surface area contributed by atoms with E-state index in [4.69, 9.17) is 9.47 Å². The van der Waals surface area contributed by atoms with Crippen LogP contribution in [0.25, 0.3) is 0 Å². The predicted molar refractivity (Wildman–Crippen MR) is 121 cm³/mol. The summed E-state index contributed by atoms with van der Waals surface area (Å²) in [6.45, 7) is 4.84. The zero-order valence-corrected chi connectivity index (χ0v) is 20.4. The molecule has 2 aliphatic rings. The number of sulfone groups is 1. The number of carbonyl (C=O) groups excluding carboxylic acids is 3. The van der Waals surface area contributed by atoms with E-state index < -0.39 is 45.8 Å². The second-order valence-corrected chi connectivity index (χ2v) is 10.9. The van der Waals surface area contributed by atoms with Gasteiger partial charge in [0.15, 0.2) is 21.3 Å². The van der Waals surface area contributed by atoms with Gasteiger partial charge in [0.05, 0.1) is 25.7 Å². The number of amides is 4. The molecule has 3 unspecified atom stereocenters. The summed E-state index contributed by atoms with van der Waals surface area (Å²) in [5, 5.41) is 2.68. The largest absolute Gasteiger partial charge is 0.493 e. The van der Waals surface area contributed by atoms with Gasteiger partial charge in [-0.15, -0.1) is 0 Å². The highest BCUT2D eigenvalue weighted by atomic mass is 32.2. The van der Waals surface area contributed by atoms with Crippen LogP contribution >= 0.6 is 0 Å². The number of methoxy groups -OCH3 is 2. The first-order chi connectivity index (χ1) is 15.5. The monoisotopic (exact) mass is 481 g/mol. The van der Waals surface area contributed by atoms with E-state index in [1.165, 1.54) is 19.1 Å². The van der Waals surface area contributed by atoms with Crippen LogP contribution in [-0.4, -0.2) is 80.4 Å². The van der Waals surface area contributed by atoms with Crippen molar-refractivity contribution in [2.75, 3.05) is 32.3 Å². The molecule has 4 amide bonds. The Bertz CT molecular complexity index is 1060. The minimum absolute atomic E-state index is 0.0262. The molecular weight excluding hydrogens is 450 g/mol. The average Bonchev–Trinajstić information content (AvgIpc) is 3.24. The summed E-state index contributed by atoms with van der Waals surface area (Å²) < 4.78 is 34.5. The van der Waals surface area contributed by atoms with Gasteiger partial charge in [0.2, 0.25) is 5.91 Å². The molecule has 2 fully saturated rings. The van der Waals surface area contributed by atoms with Crippen molar-refractivity contribution < 1.29 is 32.3 Å². The van der Waals surface area contributed by atoms with Crippen LogP contribution in [0.2, 0.25) is 0 Å². The number of nitrogens with zero attached hydrogens (tertiary/aromatic N) is 2. The van der Waals surface area contributed by atoms with Crippen molar-refractivity contribution in [1.29, 1.82) is 0 Å². The van der Waals surface area contributed by atoms with E-state index in [9.17, 15) is 22.8 Å². The molecule has 182 valence electrons. The number of hydrogen-bond donors (Lipinski definition) is 1. The average molecular weight is 482 g/mol. The van der Waals surface area contributed by atoms with Crippen molar-refractivity contribution in [2.45, 2.75) is 51.2 Å². The molecule has 10 nitrogen and oxygen atoms in total. The van der Waals surface area contributed by atoms with Crippen LogP contribution < -0.4 is 14.8 Å². The third-order valence-corrected chi connectivity index (χ3v) is 8.24. The summed E-state index contributed by atoms with van der Waals surface area (Å²) in [6, 6.07) is 3.52. The molecule has 0 radical (unpaired) electrons. The maximum Gasteiger partial charge on any atom is 0.325 e. The Kier molecular flexibility index (Phi) is 6.92. The highest BCUT2D eigenvalue weighted by molar-refractivity contribution is 7.91. The molecule has 2 saturated heterocycles. The number of nitrogens with one attached hydrogen (secondary N) is 1. The first-order valence-electron chi connectivity index (χ1n) is 10.9. The van der Waals surface area contributed by atoms with Crippen molar-refractivity contribution in [3.05, 3.63) is 23.8 Å². The van der Waals surface area contributed by atoms with Crippen molar-refractivity contribution in [3.63, 3.8) is 0 Å². The highest BCUT2D eigenvalue weighted by Crippen LogP contribution is 2.35. The highest BCUT2D eigenvalue weighted by Gasteiger charge is 2.50. The zero-order chi connectivity index (χ0) is 24.6. The van der Waals surface area contributed by atoms with Gasteiger partial charge in [0, 0.05) is 12.1 Å². The molecule has 1 aromatic rings. The fourth-order valence-corrected chi connectivity index (χ4v) is 6.11. The summed E-state index contributed by atoms with van der Waals surface area (Å²) in [5.74, 6) is -0.226. The first kappa shape index (κ1) is 24.8. The summed E-state index contributed by atoms with van der Waals surface area (Å²) in [7, 11) is -0.245. The third kappa shape index (κ3) is 4.64. The van der Waals surface area contributed by atoms with Crippen LogP contribution in [0.5, 0.6) is 11.5 Å². The van der Waals surface area contributed by atoms with E-state index in [2.05, 4.69) is 5.32 Å². The maximum absolute atomic E-state index is 13.3. The number of carbonyl (C=O) groups is 3. The number of imide groups is 1. The molecule has 2 aliphatic heterocycles. The number of rotatable bonds is 8. The lowest BCUT2D eigenvalue weighted by Crippen LogP contribution is -2.51. The van der Waals surface area contributed by atoms with E-state index >= 15 is 0 Å². The second kappa shape index (κ2) is 9.20. The summed E-state index contributed by atoms with van der Waals surface area (Å²) >= 11 is 0. The van der Waals surface area contributed by atoms with Crippen LogP contribution in [0.1, 0.15) is 39.2 Å². The lowest BCUT2D eigenvalue weighted by Gasteiger charge is -2.34. The van der Waals surface area contributed by atoms with Gasteiger partial charge in [-0.1, -0.05) is 13.0 Å². The lowest BCUT2D eigenvalue weighted by molar-refractivity contribution is -0.141. The molecule has 3 atom stereocenters. The molecule has 3 rings (SSSR count). The Labute approximate surface area is 194 Å². The van der Waals surface area contributed by atoms with Crippen LogP contribution in [0.3, 0.4) is 0 Å². The molecule has 1 aromatic carbocycles. The molecule has 0 aliphatic carbocycles. The molecule has 33 heavy (non-hydrogen) atoms. The van der Waals surface area contributed by atoms with E-state index in [0.717, 1.165) is 4.90 Å². The van der Waals surface area contributed by atoms with Crippen molar-refractivity contribution in [3.8, 4) is 11.5 Å². The first-order valence-corrected chi connectivity index (χ1v) is 12.7. The molecule has 1 N–H and O–H groups in total. The molecule has 0 saturated carbocycles. The molecular formula is C22H31N3O7S. The fraction of sp³-hybridized carbons (Fsp3) is 0.591. The number of benzene rings is 1. The quantitative estimate of drug-likeness (QED) is 0.555. The Morgan fingerprint density at radius 2 is 1.94 bits per heavy atom. The van der Waals surface area contributed by atoms with Crippen LogP contribution in [0.4, 0.5) is 4.79 Å². The van der Waals surface area contributed by atoms with Crippen molar-refractivity contribution in [1.82, 2.24) is 15.1 Å². The number of hydrogen-bond acceptors (Lipinski definition) is 7. The van der Waals surface area contributed by atoms with Gasteiger partial charge in [0.25, 0.3) is 5.91 Å². The van der Waals surface area contributed by atoms with Crippen molar-refractivity contribution >= 4 is 27.7 Å². The van der Waals surface area contributed by atoms with Gasteiger partial charge in [0.1, 0.15) is 12.1 Å². The molecule has 0 aromatic heterocycles. The zero-order valence-electron chi connectivity index (χ0n) is 19.6. The normalized spacial score (nSPS) is 25.0. The van der Waals surface area contributed by atoms with Gasteiger partial charge in [-0.05, 0) is 44.4 Å². The van der Waals surface area contributed by atoms with E-state index in [1.807, 2.05) is 13.8 Å². The van der Waals surface area contributed by atoms with E-state index in [-0.39, 0.29) is 17.5 Å². The summed E-state index contributed by atoms with van der Waals surface area (Å²) in [6.07, 6.45) is 0.966. The Morgan fingerprint density at radius 3 is 2.48 bits per heavy atom. The van der Waals surface area contributed by atoms with Crippen LogP contribution in [0, 0.1) is 0 Å². The predicted octanol–water partition coefficient (Wildman–Crippen LogP) is 1.29. The minimum atomic E-state index is -3.21. The van der Waals surface area contributed by atoms with Gasteiger partial charge >= 0.3 is 6.03 Å². The van der Waals surface area contributed by atoms with Gasteiger partial charge in [-0.3, -0.25) is 14.5 Å². The minimum Gasteiger partial charge on any atom is -0.493 e. The second-order valence-electron chi connectivity index (χ2n) is 8.63. The number of urea groups is 1. The van der Waals surface area contributed by atoms with Crippen molar-refractivity contribution in [2.24, 2.45) is 0 Å². The van der Waals surface area contributed by atoms with E-state index in [1.54, 1.807) is 25.1 Å². The Hall–Kier alpha value is -2.82. The van der Waals surface area contributed by atoms with Crippen LogP contribution in [0.15, 0.2) is 18.2 Å². The lowest BCUT2D eigenvalue weighted by atomic mass is 9.91. The van der Waals surface area contributed by atoms with Gasteiger partial charge in [-0.2, -0.15) is 0 Å². The van der Waals surface area contributed by atoms with E-state index in [0.29, 0.717) is 29.9 Å². The maximum atomic E-state index is 13.3. The molecule has 2 heterocycles. The topological polar surface area (TPSA) is 122 Å². The summed E-state index contributed by atoms with van der Waals surface area (Å²) in [5.41, 5.74) is -0.913.